The van der Waals surface area contributed by atoms with Gasteiger partial charge in [-0.1, -0.05) is 109 Å². The first-order chi connectivity index (χ1) is 22.2. The van der Waals surface area contributed by atoms with Gasteiger partial charge in [0.1, 0.15) is 12.6 Å². The monoisotopic (exact) mass is 596 g/mol. The fourth-order valence-corrected chi connectivity index (χ4v) is 6.24. The van der Waals surface area contributed by atoms with E-state index in [-0.39, 0.29) is 18.6 Å². The number of imidazole rings is 1. The number of aromatic nitrogens is 4. The van der Waals surface area contributed by atoms with Crippen LogP contribution in [0.4, 0.5) is 5.82 Å². The molecule has 45 heavy (non-hydrogen) atoms. The number of nitrogens with one attached hydrogen (secondary N) is 2. The van der Waals surface area contributed by atoms with Gasteiger partial charge in [-0.15, -0.1) is 0 Å². The van der Waals surface area contributed by atoms with E-state index in [1.807, 2.05) is 65.2 Å². The summed E-state index contributed by atoms with van der Waals surface area (Å²) in [4.78, 5) is 26.2. The number of hydrogen-bond acceptors (Lipinski definition) is 7. The normalized spacial score (nSPS) is 18.2. The van der Waals surface area contributed by atoms with Crippen LogP contribution in [0.3, 0.4) is 0 Å². The Hall–Kier alpha value is -5.22. The molecule has 3 atom stereocenters. The van der Waals surface area contributed by atoms with Crippen molar-refractivity contribution in [1.29, 1.82) is 0 Å². The van der Waals surface area contributed by atoms with Crippen LogP contribution < -0.4 is 10.6 Å². The number of anilines is 1. The molecule has 1 fully saturated rings. The van der Waals surface area contributed by atoms with Crippen LogP contribution in [0, 0.1) is 0 Å². The summed E-state index contributed by atoms with van der Waals surface area (Å²) in [7, 11) is 0. The summed E-state index contributed by atoms with van der Waals surface area (Å²) in [6.07, 6.45) is 2.60. The molecule has 1 amide bonds. The third-order valence-corrected chi connectivity index (χ3v) is 8.38. The van der Waals surface area contributed by atoms with Crippen molar-refractivity contribution in [1.82, 2.24) is 24.8 Å². The number of hydrogen-bond donors (Lipinski definition) is 3. The predicted octanol–water partition coefficient (Wildman–Crippen LogP) is 5.31. The minimum atomic E-state index is -0.728. The maximum Gasteiger partial charge on any atom is 0.256 e. The maximum absolute atomic E-state index is 12.9. The summed E-state index contributed by atoms with van der Waals surface area (Å²) < 4.78 is 8.32. The molecule has 9 nitrogen and oxygen atoms in total. The second kappa shape index (κ2) is 12.4. The second-order valence-corrected chi connectivity index (χ2v) is 11.0. The van der Waals surface area contributed by atoms with Crippen molar-refractivity contribution in [2.24, 2.45) is 0 Å². The molecule has 224 valence electrons. The highest BCUT2D eigenvalue weighted by Gasteiger charge is 2.44. The second-order valence-electron chi connectivity index (χ2n) is 11.0. The maximum atomic E-state index is 12.9. The minimum absolute atomic E-state index is 0.178. The lowest BCUT2D eigenvalue weighted by atomic mass is 9.76. The SMILES string of the molecule is O=C(Nc1ncnc2c1ncn2C1CC(NC(c2ccccc2)(c2ccccc2)c2ccccc2)C(CO)O1)c1ccccc1. The molecule has 6 aromatic rings. The molecule has 3 N–H and O–H groups in total. The molecule has 0 spiro atoms. The van der Waals surface area contributed by atoms with Crippen LogP contribution in [0.2, 0.25) is 0 Å². The van der Waals surface area contributed by atoms with Gasteiger partial charge >= 0.3 is 0 Å². The van der Waals surface area contributed by atoms with E-state index in [0.29, 0.717) is 29.0 Å². The summed E-state index contributed by atoms with van der Waals surface area (Å²) in [5.41, 5.74) is 3.98. The van der Waals surface area contributed by atoms with Crippen molar-refractivity contribution < 1.29 is 14.6 Å². The van der Waals surface area contributed by atoms with E-state index < -0.39 is 17.9 Å². The fraction of sp³-hybridized carbons (Fsp3) is 0.167. The van der Waals surface area contributed by atoms with E-state index in [1.165, 1.54) is 6.33 Å². The lowest BCUT2D eigenvalue weighted by Crippen LogP contribution is -2.53. The predicted molar refractivity (Wildman–Crippen MR) is 171 cm³/mol. The topological polar surface area (TPSA) is 114 Å². The van der Waals surface area contributed by atoms with Crippen LogP contribution in [0.25, 0.3) is 11.2 Å². The highest BCUT2D eigenvalue weighted by Crippen LogP contribution is 2.40. The Labute approximate surface area is 260 Å². The van der Waals surface area contributed by atoms with Gasteiger partial charge in [-0.25, -0.2) is 15.0 Å². The van der Waals surface area contributed by atoms with E-state index in [0.717, 1.165) is 16.7 Å². The summed E-state index contributed by atoms with van der Waals surface area (Å²) in [6, 6.07) is 39.7. The Kier molecular flexibility index (Phi) is 7.87. The van der Waals surface area contributed by atoms with Gasteiger partial charge in [-0.2, -0.15) is 0 Å². The molecule has 0 bridgehead atoms. The number of fused-ring (bicyclic) bond motifs is 1. The van der Waals surface area contributed by atoms with E-state index in [4.69, 9.17) is 4.74 Å². The van der Waals surface area contributed by atoms with Crippen molar-refractivity contribution in [2.75, 3.05) is 11.9 Å². The Morgan fingerprint density at radius 3 is 1.91 bits per heavy atom. The first-order valence-corrected chi connectivity index (χ1v) is 14.9. The first kappa shape index (κ1) is 28.5. The molecule has 4 aromatic carbocycles. The Morgan fingerprint density at radius 2 is 1.36 bits per heavy atom. The lowest BCUT2D eigenvalue weighted by molar-refractivity contribution is -0.0264. The van der Waals surface area contributed by atoms with Gasteiger partial charge in [-0.3, -0.25) is 14.7 Å². The van der Waals surface area contributed by atoms with Crippen LogP contribution in [0.15, 0.2) is 134 Å². The number of benzene rings is 4. The number of ether oxygens (including phenoxy) is 1. The smallest absolute Gasteiger partial charge is 0.256 e. The van der Waals surface area contributed by atoms with E-state index in [2.05, 4.69) is 62.0 Å². The molecule has 7 rings (SSSR count). The van der Waals surface area contributed by atoms with Crippen molar-refractivity contribution in [3.05, 3.63) is 156 Å². The van der Waals surface area contributed by atoms with Crippen LogP contribution in [0.5, 0.6) is 0 Å². The zero-order chi connectivity index (χ0) is 30.6. The van der Waals surface area contributed by atoms with Crippen LogP contribution in [0.1, 0.15) is 39.7 Å². The molecule has 3 heterocycles. The van der Waals surface area contributed by atoms with E-state index in [1.54, 1.807) is 30.6 Å². The van der Waals surface area contributed by atoms with E-state index >= 15 is 0 Å². The van der Waals surface area contributed by atoms with Crippen molar-refractivity contribution >= 4 is 22.9 Å². The number of nitrogens with zero attached hydrogens (tertiary/aromatic N) is 4. The van der Waals surface area contributed by atoms with Gasteiger partial charge < -0.3 is 15.2 Å². The highest BCUT2D eigenvalue weighted by atomic mass is 16.5. The molecule has 1 aliphatic rings. The molecular weight excluding hydrogens is 564 g/mol. The Morgan fingerprint density at radius 1 is 0.800 bits per heavy atom. The van der Waals surface area contributed by atoms with Gasteiger partial charge in [0, 0.05) is 18.0 Å². The number of amides is 1. The molecule has 1 saturated heterocycles. The van der Waals surface area contributed by atoms with Crippen LogP contribution in [-0.4, -0.2) is 49.3 Å². The van der Waals surface area contributed by atoms with Gasteiger partial charge in [0.05, 0.1) is 24.6 Å². The molecule has 3 unspecified atom stereocenters. The average molecular weight is 597 g/mol. The van der Waals surface area contributed by atoms with Crippen LogP contribution in [-0.2, 0) is 10.3 Å². The molecule has 9 heteroatoms. The largest absolute Gasteiger partial charge is 0.394 e. The third-order valence-electron chi connectivity index (χ3n) is 8.38. The quantitative estimate of drug-likeness (QED) is 0.194. The number of aliphatic hydroxyl groups excluding tert-OH is 1. The third kappa shape index (κ3) is 5.38. The number of rotatable bonds is 9. The van der Waals surface area contributed by atoms with Crippen molar-refractivity contribution in [3.8, 4) is 0 Å². The number of aliphatic hydroxyl groups is 1. The molecule has 0 aliphatic carbocycles. The Bertz CT molecular complexity index is 1790. The van der Waals surface area contributed by atoms with Gasteiger partial charge in [0.2, 0.25) is 0 Å². The summed E-state index contributed by atoms with van der Waals surface area (Å²) in [6.45, 7) is -0.178. The summed E-state index contributed by atoms with van der Waals surface area (Å²) in [5, 5.41) is 17.4. The molecule has 1 aliphatic heterocycles. The number of carbonyl (C=O) groups is 1. The standard InChI is InChI=1S/C36H32N6O3/c43-22-30-29(41-36(26-15-7-2-8-16-26,27-17-9-3-10-18-27)28-19-11-4-12-20-28)21-31(45-30)42-24-39-32-33(37-23-38-34(32)42)40-35(44)25-13-5-1-6-14-25/h1-20,23-24,29-31,41,43H,21-22H2,(H,37,38,40,44). The lowest BCUT2D eigenvalue weighted by Gasteiger charge is -2.40. The zero-order valence-corrected chi connectivity index (χ0v) is 24.4. The first-order valence-electron chi connectivity index (χ1n) is 14.9. The molecule has 2 aromatic heterocycles. The van der Waals surface area contributed by atoms with Crippen LogP contribution >= 0.6 is 0 Å². The summed E-state index contributed by atoms with van der Waals surface area (Å²) >= 11 is 0. The van der Waals surface area contributed by atoms with E-state index in [9.17, 15) is 9.90 Å². The van der Waals surface area contributed by atoms with Gasteiger partial charge in [-0.05, 0) is 28.8 Å². The minimum Gasteiger partial charge on any atom is -0.394 e. The molecule has 0 radical (unpaired) electrons. The van der Waals surface area contributed by atoms with Crippen molar-refractivity contribution in [3.63, 3.8) is 0 Å². The zero-order valence-electron chi connectivity index (χ0n) is 24.4. The van der Waals surface area contributed by atoms with Gasteiger partial charge in [0.25, 0.3) is 5.91 Å². The van der Waals surface area contributed by atoms with Crippen molar-refractivity contribution in [2.45, 2.75) is 30.3 Å². The summed E-state index contributed by atoms with van der Waals surface area (Å²) in [5.74, 6) is 0.0289. The highest BCUT2D eigenvalue weighted by molar-refractivity contribution is 6.06. The number of carbonyl (C=O) groups excluding carboxylic acids is 1. The average Bonchev–Trinajstić information content (AvgIpc) is 3.73. The molecule has 0 saturated carbocycles. The Balaban J connectivity index is 1.24. The fourth-order valence-electron chi connectivity index (χ4n) is 6.24. The molecular formula is C36H32N6O3. The van der Waals surface area contributed by atoms with Gasteiger partial charge in [0.15, 0.2) is 17.0 Å².